The van der Waals surface area contributed by atoms with Crippen molar-refractivity contribution in [3.63, 3.8) is 0 Å². The summed E-state index contributed by atoms with van der Waals surface area (Å²) in [6.07, 6.45) is -0.222. The van der Waals surface area contributed by atoms with Crippen molar-refractivity contribution in [3.8, 4) is 0 Å². The molecule has 1 spiro atoms. The number of hydrogen-bond donors (Lipinski definition) is 0. The summed E-state index contributed by atoms with van der Waals surface area (Å²) in [7, 11) is 0. The SMILES string of the molecule is CC(c1ccc(Cl)cc1Cl)n1nc(C(F)(F)F)c2ncc(C3=CCC4(OCCO4)C(C)C3)nc21. The Hall–Kier alpha value is -2.20. The predicted molar refractivity (Wildman–Crippen MR) is 122 cm³/mol. The molecular formula is C23H21Cl2F3N4O2. The van der Waals surface area contributed by atoms with Gasteiger partial charge in [-0.05, 0) is 36.6 Å². The minimum atomic E-state index is -4.69. The zero-order valence-corrected chi connectivity index (χ0v) is 19.9. The van der Waals surface area contributed by atoms with Crippen molar-refractivity contribution in [2.75, 3.05) is 13.2 Å². The van der Waals surface area contributed by atoms with E-state index in [0.29, 0.717) is 47.4 Å². The molecule has 0 bridgehead atoms. The number of ether oxygens (including phenoxy) is 2. The van der Waals surface area contributed by atoms with E-state index >= 15 is 0 Å². The summed E-state index contributed by atoms with van der Waals surface area (Å²) in [5.74, 6) is -0.596. The van der Waals surface area contributed by atoms with E-state index in [-0.39, 0.29) is 17.1 Å². The molecule has 3 aromatic rings. The van der Waals surface area contributed by atoms with E-state index in [1.807, 2.05) is 13.0 Å². The van der Waals surface area contributed by atoms with Gasteiger partial charge in [-0.2, -0.15) is 18.3 Å². The van der Waals surface area contributed by atoms with Gasteiger partial charge in [0.25, 0.3) is 0 Å². The second kappa shape index (κ2) is 8.48. The molecule has 34 heavy (non-hydrogen) atoms. The molecule has 2 aliphatic rings. The molecule has 11 heteroatoms. The molecule has 0 radical (unpaired) electrons. The van der Waals surface area contributed by atoms with Crippen molar-refractivity contribution in [2.24, 2.45) is 5.92 Å². The highest BCUT2D eigenvalue weighted by Gasteiger charge is 2.44. The topological polar surface area (TPSA) is 62.1 Å². The van der Waals surface area contributed by atoms with Crippen LogP contribution < -0.4 is 0 Å². The minimum absolute atomic E-state index is 0.0329. The van der Waals surface area contributed by atoms with Crippen LogP contribution in [-0.2, 0) is 15.7 Å². The Morgan fingerprint density at radius 2 is 1.94 bits per heavy atom. The van der Waals surface area contributed by atoms with E-state index in [2.05, 4.69) is 15.1 Å². The molecule has 1 fully saturated rings. The van der Waals surface area contributed by atoms with Crippen molar-refractivity contribution in [1.82, 2.24) is 19.7 Å². The molecule has 5 rings (SSSR count). The molecule has 1 saturated heterocycles. The number of rotatable bonds is 3. The van der Waals surface area contributed by atoms with E-state index in [0.717, 1.165) is 5.57 Å². The fourth-order valence-corrected chi connectivity index (χ4v) is 5.18. The Balaban J connectivity index is 1.60. The van der Waals surface area contributed by atoms with Gasteiger partial charge in [-0.1, -0.05) is 42.3 Å². The number of allylic oxidation sites excluding steroid dienone is 1. The van der Waals surface area contributed by atoms with Crippen LogP contribution >= 0.6 is 23.2 Å². The maximum Gasteiger partial charge on any atom is 0.437 e. The largest absolute Gasteiger partial charge is 0.437 e. The van der Waals surface area contributed by atoms with Gasteiger partial charge in [0.05, 0.1) is 31.1 Å². The molecule has 0 N–H and O–H groups in total. The molecule has 2 atom stereocenters. The van der Waals surface area contributed by atoms with E-state index < -0.39 is 23.7 Å². The van der Waals surface area contributed by atoms with E-state index in [4.69, 9.17) is 32.7 Å². The standard InChI is InChI=1S/C23H21Cl2F3N4O2/c1-12-9-14(5-6-22(12)33-7-8-34-22)18-11-29-19-20(23(26,27)28)31-32(21(19)30-18)13(2)16-4-3-15(24)10-17(16)25/h3-5,10-13H,6-9H2,1-2H3. The van der Waals surface area contributed by atoms with Gasteiger partial charge < -0.3 is 9.47 Å². The fraction of sp³-hybridized carbons (Fsp3) is 0.435. The van der Waals surface area contributed by atoms with E-state index in [1.54, 1.807) is 25.1 Å². The lowest BCUT2D eigenvalue weighted by molar-refractivity contribution is -0.190. The highest BCUT2D eigenvalue weighted by molar-refractivity contribution is 6.35. The predicted octanol–water partition coefficient (Wildman–Crippen LogP) is 6.32. The molecule has 3 heterocycles. The van der Waals surface area contributed by atoms with Crippen molar-refractivity contribution >= 4 is 39.9 Å². The minimum Gasteiger partial charge on any atom is -0.347 e. The average Bonchev–Trinajstić information content (AvgIpc) is 3.40. The zero-order valence-electron chi connectivity index (χ0n) is 18.4. The number of halogens is 5. The summed E-state index contributed by atoms with van der Waals surface area (Å²) in [5, 5.41) is 4.63. The van der Waals surface area contributed by atoms with E-state index in [9.17, 15) is 13.2 Å². The Labute approximate surface area is 203 Å². The Morgan fingerprint density at radius 1 is 1.21 bits per heavy atom. The summed E-state index contributed by atoms with van der Waals surface area (Å²) in [6, 6.07) is 4.19. The first-order chi connectivity index (χ1) is 16.1. The molecule has 6 nitrogen and oxygen atoms in total. The van der Waals surface area contributed by atoms with Gasteiger partial charge in [0.15, 0.2) is 17.1 Å². The number of hydrogen-bond acceptors (Lipinski definition) is 5. The first kappa shape index (κ1) is 23.5. The van der Waals surface area contributed by atoms with Crippen LogP contribution in [0.25, 0.3) is 16.7 Å². The van der Waals surface area contributed by atoms with Crippen LogP contribution in [0.4, 0.5) is 13.2 Å². The number of alkyl halides is 3. The van der Waals surface area contributed by atoms with Crippen LogP contribution in [0.3, 0.4) is 0 Å². The Kier molecular flexibility index (Phi) is 5.87. The Bertz CT molecular complexity index is 1290. The average molecular weight is 513 g/mol. The summed E-state index contributed by atoms with van der Waals surface area (Å²) in [6.45, 7) is 4.82. The quantitative estimate of drug-likeness (QED) is 0.411. The lowest BCUT2D eigenvalue weighted by Gasteiger charge is -2.36. The molecule has 180 valence electrons. The number of benzene rings is 1. The maximum absolute atomic E-state index is 13.8. The first-order valence-corrected chi connectivity index (χ1v) is 11.6. The second-order valence-corrected chi connectivity index (χ2v) is 9.45. The smallest absolute Gasteiger partial charge is 0.347 e. The van der Waals surface area contributed by atoms with Gasteiger partial charge in [0.1, 0.15) is 5.52 Å². The van der Waals surface area contributed by atoms with Crippen molar-refractivity contribution in [3.05, 3.63) is 57.5 Å². The normalized spacial score (nSPS) is 21.3. The summed E-state index contributed by atoms with van der Waals surface area (Å²) < 4.78 is 54.2. The van der Waals surface area contributed by atoms with Crippen LogP contribution in [0.15, 0.2) is 30.5 Å². The van der Waals surface area contributed by atoms with Crippen LogP contribution in [0.1, 0.15) is 49.7 Å². The Morgan fingerprint density at radius 3 is 2.59 bits per heavy atom. The summed E-state index contributed by atoms with van der Waals surface area (Å²) in [4.78, 5) is 8.74. The number of aromatic nitrogens is 4. The molecule has 0 saturated carbocycles. The number of nitrogens with zero attached hydrogens (tertiary/aromatic N) is 4. The molecule has 2 unspecified atom stereocenters. The lowest BCUT2D eigenvalue weighted by Crippen LogP contribution is -2.39. The molecule has 2 aromatic heterocycles. The third kappa shape index (κ3) is 3.98. The van der Waals surface area contributed by atoms with Gasteiger partial charge in [-0.15, -0.1) is 0 Å². The van der Waals surface area contributed by atoms with Gasteiger partial charge >= 0.3 is 6.18 Å². The molecule has 1 aliphatic heterocycles. The second-order valence-electron chi connectivity index (χ2n) is 8.61. The molecular weight excluding hydrogens is 492 g/mol. The van der Waals surface area contributed by atoms with Gasteiger partial charge in [-0.25, -0.2) is 14.6 Å². The monoisotopic (exact) mass is 512 g/mol. The van der Waals surface area contributed by atoms with E-state index in [1.165, 1.54) is 10.9 Å². The van der Waals surface area contributed by atoms with Crippen molar-refractivity contribution < 1.29 is 22.6 Å². The lowest BCUT2D eigenvalue weighted by atomic mass is 9.83. The molecule has 1 aliphatic carbocycles. The summed E-state index contributed by atoms with van der Waals surface area (Å²) in [5.41, 5.74) is 0.583. The van der Waals surface area contributed by atoms with Crippen molar-refractivity contribution in [2.45, 2.75) is 44.7 Å². The van der Waals surface area contributed by atoms with Crippen LogP contribution in [-0.4, -0.2) is 38.7 Å². The van der Waals surface area contributed by atoms with Crippen molar-refractivity contribution in [1.29, 1.82) is 0 Å². The van der Waals surface area contributed by atoms with Crippen LogP contribution in [0.2, 0.25) is 10.0 Å². The highest BCUT2D eigenvalue weighted by atomic mass is 35.5. The molecule has 1 aromatic carbocycles. The zero-order chi connectivity index (χ0) is 24.3. The van der Waals surface area contributed by atoms with Crippen LogP contribution in [0, 0.1) is 5.92 Å². The maximum atomic E-state index is 13.8. The summed E-state index contributed by atoms with van der Waals surface area (Å²) >= 11 is 12.3. The number of fused-ring (bicyclic) bond motifs is 1. The first-order valence-electron chi connectivity index (χ1n) is 10.8. The van der Waals surface area contributed by atoms with Crippen LogP contribution in [0.5, 0.6) is 0 Å². The highest BCUT2D eigenvalue weighted by Crippen LogP contribution is 2.43. The fourth-order valence-electron chi connectivity index (χ4n) is 4.61. The van der Waals surface area contributed by atoms with Gasteiger partial charge in [0.2, 0.25) is 0 Å². The van der Waals surface area contributed by atoms with Gasteiger partial charge in [-0.3, -0.25) is 0 Å². The third-order valence-corrected chi connectivity index (χ3v) is 7.03. The third-order valence-electron chi connectivity index (χ3n) is 6.47. The van der Waals surface area contributed by atoms with Gasteiger partial charge in [0, 0.05) is 22.4 Å². The molecule has 0 amide bonds.